The van der Waals surface area contributed by atoms with Crippen LogP contribution < -0.4 is 10.5 Å². The first kappa shape index (κ1) is 12.7. The molecule has 0 heterocycles. The van der Waals surface area contributed by atoms with Crippen LogP contribution in [0.25, 0.3) is 0 Å². The Morgan fingerprint density at radius 3 is 2.42 bits per heavy atom. The van der Waals surface area contributed by atoms with Gasteiger partial charge in [-0.3, -0.25) is 10.1 Å². The van der Waals surface area contributed by atoms with Crippen molar-refractivity contribution >= 4 is 11.4 Å². The Bertz CT molecular complexity index is 647. The summed E-state index contributed by atoms with van der Waals surface area (Å²) < 4.78 is 31.6. The third-order valence-electron chi connectivity index (χ3n) is 2.32. The van der Waals surface area contributed by atoms with E-state index in [2.05, 4.69) is 0 Å². The van der Waals surface area contributed by atoms with Crippen LogP contribution in [0, 0.1) is 21.7 Å². The molecule has 0 aromatic heterocycles. The highest BCUT2D eigenvalue weighted by Gasteiger charge is 2.12. The van der Waals surface area contributed by atoms with Gasteiger partial charge in [0, 0.05) is 12.1 Å². The fourth-order valence-electron chi connectivity index (χ4n) is 1.40. The van der Waals surface area contributed by atoms with E-state index in [0.717, 1.165) is 24.3 Å². The SMILES string of the molecule is Nc1cc(Oc2ccc([N+](=O)[O-])cc2F)ccc1F. The summed E-state index contributed by atoms with van der Waals surface area (Å²) in [6.07, 6.45) is 0. The Morgan fingerprint density at radius 1 is 1.11 bits per heavy atom. The number of hydrogen-bond donors (Lipinski definition) is 1. The van der Waals surface area contributed by atoms with Crippen molar-refractivity contribution in [1.29, 1.82) is 0 Å². The standard InChI is InChI=1S/C12H8F2N2O3/c13-9-3-2-8(6-11(9)15)19-12-4-1-7(16(17)18)5-10(12)14/h1-6H,15H2. The predicted molar refractivity (Wildman–Crippen MR) is 63.9 cm³/mol. The zero-order valence-corrected chi connectivity index (χ0v) is 9.47. The largest absolute Gasteiger partial charge is 0.454 e. The predicted octanol–water partition coefficient (Wildman–Crippen LogP) is 3.25. The molecule has 7 heteroatoms. The lowest BCUT2D eigenvalue weighted by Gasteiger charge is -2.07. The number of nitro groups is 1. The van der Waals surface area contributed by atoms with E-state index in [4.69, 9.17) is 10.5 Å². The van der Waals surface area contributed by atoms with Crippen LogP contribution in [0.4, 0.5) is 20.2 Å². The molecule has 0 unspecified atom stereocenters. The van der Waals surface area contributed by atoms with Crippen LogP contribution in [0.3, 0.4) is 0 Å². The number of hydrogen-bond acceptors (Lipinski definition) is 4. The van der Waals surface area contributed by atoms with Gasteiger partial charge >= 0.3 is 0 Å². The van der Waals surface area contributed by atoms with E-state index in [1.165, 1.54) is 12.1 Å². The third-order valence-corrected chi connectivity index (χ3v) is 2.32. The number of anilines is 1. The maximum atomic E-state index is 13.5. The highest BCUT2D eigenvalue weighted by atomic mass is 19.1. The maximum absolute atomic E-state index is 13.5. The second kappa shape index (κ2) is 4.89. The number of ether oxygens (including phenoxy) is 1. The first-order valence-corrected chi connectivity index (χ1v) is 5.14. The van der Waals surface area contributed by atoms with Crippen molar-refractivity contribution in [3.8, 4) is 11.5 Å². The smallest absolute Gasteiger partial charge is 0.272 e. The molecule has 2 aromatic carbocycles. The van der Waals surface area contributed by atoms with Crippen molar-refractivity contribution in [2.75, 3.05) is 5.73 Å². The topological polar surface area (TPSA) is 78.4 Å². The number of rotatable bonds is 3. The number of nitrogen functional groups attached to an aromatic ring is 1. The fourth-order valence-corrected chi connectivity index (χ4v) is 1.40. The Balaban J connectivity index is 2.28. The van der Waals surface area contributed by atoms with E-state index >= 15 is 0 Å². The second-order valence-corrected chi connectivity index (χ2v) is 3.66. The van der Waals surface area contributed by atoms with Crippen molar-refractivity contribution < 1.29 is 18.4 Å². The molecule has 0 saturated heterocycles. The van der Waals surface area contributed by atoms with Gasteiger partial charge in [-0.1, -0.05) is 0 Å². The number of nitrogens with zero attached hydrogens (tertiary/aromatic N) is 1. The molecule has 2 aromatic rings. The van der Waals surface area contributed by atoms with Gasteiger partial charge in [-0.2, -0.15) is 0 Å². The molecule has 98 valence electrons. The zero-order valence-electron chi connectivity index (χ0n) is 9.47. The fraction of sp³-hybridized carbons (Fsp3) is 0. The lowest BCUT2D eigenvalue weighted by Crippen LogP contribution is -1.94. The molecule has 0 amide bonds. The summed E-state index contributed by atoms with van der Waals surface area (Å²) in [4.78, 5) is 9.73. The van der Waals surface area contributed by atoms with Gasteiger partial charge in [-0.15, -0.1) is 0 Å². The van der Waals surface area contributed by atoms with Crippen LogP contribution in [0.1, 0.15) is 0 Å². The first-order valence-electron chi connectivity index (χ1n) is 5.14. The molecule has 5 nitrogen and oxygen atoms in total. The van der Waals surface area contributed by atoms with Crippen molar-refractivity contribution in [2.45, 2.75) is 0 Å². The van der Waals surface area contributed by atoms with E-state index in [-0.39, 0.29) is 22.9 Å². The normalized spacial score (nSPS) is 10.2. The third kappa shape index (κ3) is 2.76. The van der Waals surface area contributed by atoms with Crippen LogP contribution in [-0.2, 0) is 0 Å². The van der Waals surface area contributed by atoms with E-state index in [9.17, 15) is 18.9 Å². The number of halogens is 2. The van der Waals surface area contributed by atoms with Crippen molar-refractivity contribution in [2.24, 2.45) is 0 Å². The highest BCUT2D eigenvalue weighted by molar-refractivity contribution is 5.47. The molecule has 0 aliphatic carbocycles. The van der Waals surface area contributed by atoms with Gasteiger partial charge in [0.05, 0.1) is 16.7 Å². The molecule has 2 rings (SSSR count). The van der Waals surface area contributed by atoms with E-state index in [0.29, 0.717) is 0 Å². The minimum Gasteiger partial charge on any atom is -0.454 e. The molecule has 0 spiro atoms. The number of nitrogens with two attached hydrogens (primary N) is 1. The van der Waals surface area contributed by atoms with Gasteiger partial charge in [0.25, 0.3) is 5.69 Å². The number of nitro benzene ring substituents is 1. The monoisotopic (exact) mass is 266 g/mol. The summed E-state index contributed by atoms with van der Waals surface area (Å²) in [5.74, 6) is -1.59. The molecular weight excluding hydrogens is 258 g/mol. The maximum Gasteiger partial charge on any atom is 0.272 e. The van der Waals surface area contributed by atoms with E-state index < -0.39 is 16.6 Å². The first-order chi connectivity index (χ1) is 8.97. The van der Waals surface area contributed by atoms with Gasteiger partial charge in [-0.25, -0.2) is 8.78 Å². The molecule has 19 heavy (non-hydrogen) atoms. The summed E-state index contributed by atoms with van der Waals surface area (Å²) in [6.45, 7) is 0. The van der Waals surface area contributed by atoms with Crippen molar-refractivity contribution in [1.82, 2.24) is 0 Å². The Kier molecular flexibility index (Phi) is 3.28. The van der Waals surface area contributed by atoms with Gasteiger partial charge in [-0.05, 0) is 18.2 Å². The minimum absolute atomic E-state index is 0.131. The van der Waals surface area contributed by atoms with Gasteiger partial charge < -0.3 is 10.5 Å². The van der Waals surface area contributed by atoms with Gasteiger partial charge in [0.2, 0.25) is 0 Å². The molecule has 0 fully saturated rings. The van der Waals surface area contributed by atoms with Crippen LogP contribution in [-0.4, -0.2) is 4.92 Å². The average Bonchev–Trinajstić information content (AvgIpc) is 2.36. The van der Waals surface area contributed by atoms with Crippen LogP contribution >= 0.6 is 0 Å². The minimum atomic E-state index is -0.892. The molecule has 0 bridgehead atoms. The molecule has 0 radical (unpaired) electrons. The van der Waals surface area contributed by atoms with Crippen LogP contribution in [0.5, 0.6) is 11.5 Å². The quantitative estimate of drug-likeness (QED) is 0.525. The molecule has 0 aliphatic heterocycles. The van der Waals surface area contributed by atoms with Gasteiger partial charge in [0.15, 0.2) is 11.6 Å². The summed E-state index contributed by atoms with van der Waals surface area (Å²) in [5.41, 5.74) is 4.81. The molecule has 0 aliphatic rings. The van der Waals surface area contributed by atoms with E-state index in [1.807, 2.05) is 0 Å². The summed E-state index contributed by atoms with van der Waals surface area (Å²) in [7, 11) is 0. The number of non-ortho nitro benzene ring substituents is 1. The summed E-state index contributed by atoms with van der Waals surface area (Å²) in [6, 6.07) is 6.50. The molecule has 0 saturated carbocycles. The number of benzene rings is 2. The van der Waals surface area contributed by atoms with E-state index in [1.54, 1.807) is 0 Å². The van der Waals surface area contributed by atoms with Crippen molar-refractivity contribution in [3.63, 3.8) is 0 Å². The highest BCUT2D eigenvalue weighted by Crippen LogP contribution is 2.28. The van der Waals surface area contributed by atoms with Crippen molar-refractivity contribution in [3.05, 3.63) is 58.1 Å². The lowest BCUT2D eigenvalue weighted by molar-refractivity contribution is -0.385. The van der Waals surface area contributed by atoms with Gasteiger partial charge in [0.1, 0.15) is 11.6 Å². The average molecular weight is 266 g/mol. The molecule has 2 N–H and O–H groups in total. The Hall–Kier alpha value is -2.70. The zero-order chi connectivity index (χ0) is 14.0. The Labute approximate surface area is 106 Å². The molecule has 0 atom stereocenters. The van der Waals surface area contributed by atoms with Crippen LogP contribution in [0.15, 0.2) is 36.4 Å². The summed E-state index contributed by atoms with van der Waals surface area (Å²) >= 11 is 0. The summed E-state index contributed by atoms with van der Waals surface area (Å²) in [5, 5.41) is 10.4. The van der Waals surface area contributed by atoms with Crippen LogP contribution in [0.2, 0.25) is 0 Å². The second-order valence-electron chi connectivity index (χ2n) is 3.66. The molecular formula is C12H8F2N2O3. The lowest BCUT2D eigenvalue weighted by atomic mass is 10.2. The Morgan fingerprint density at radius 2 is 1.84 bits per heavy atom.